The lowest BCUT2D eigenvalue weighted by molar-refractivity contribution is 0.172. The summed E-state index contributed by atoms with van der Waals surface area (Å²) < 4.78 is 26.0. The Balaban J connectivity index is 1.72. The number of nitrogens with one attached hydrogen (secondary N) is 1. The molecule has 0 unspecified atom stereocenters. The van der Waals surface area contributed by atoms with Gasteiger partial charge in [0.25, 0.3) is 0 Å². The highest BCUT2D eigenvalue weighted by Crippen LogP contribution is 2.18. The first-order chi connectivity index (χ1) is 8.97. The van der Waals surface area contributed by atoms with Crippen molar-refractivity contribution in [1.82, 2.24) is 14.5 Å². The summed E-state index contributed by atoms with van der Waals surface area (Å²) in [6, 6.07) is 0.582. The van der Waals surface area contributed by atoms with Crippen LogP contribution in [-0.2, 0) is 10.0 Å². The summed E-state index contributed by atoms with van der Waals surface area (Å²) >= 11 is 0. The molecule has 1 aliphatic carbocycles. The van der Waals surface area contributed by atoms with Gasteiger partial charge >= 0.3 is 0 Å². The monoisotopic (exact) mass is 289 g/mol. The molecule has 2 aliphatic rings. The quantitative estimate of drug-likeness (QED) is 0.734. The van der Waals surface area contributed by atoms with Crippen molar-refractivity contribution < 1.29 is 8.42 Å². The van der Waals surface area contributed by atoms with Crippen LogP contribution in [0.4, 0.5) is 0 Å². The number of rotatable bonds is 7. The third-order valence-electron chi connectivity index (χ3n) is 3.72. The molecule has 112 valence electrons. The van der Waals surface area contributed by atoms with Crippen molar-refractivity contribution in [1.29, 1.82) is 0 Å². The Kier molecular flexibility index (Phi) is 5.22. The minimum absolute atomic E-state index is 0.244. The SMILES string of the molecule is CC(C)CN1CCN(S(=O)(=O)CCNC2CC2)CC1. The van der Waals surface area contributed by atoms with Gasteiger partial charge in [-0.1, -0.05) is 13.8 Å². The van der Waals surface area contributed by atoms with Crippen LogP contribution in [0.15, 0.2) is 0 Å². The maximum absolute atomic E-state index is 12.2. The molecule has 0 aromatic heterocycles. The van der Waals surface area contributed by atoms with Crippen LogP contribution in [0.1, 0.15) is 26.7 Å². The maximum atomic E-state index is 12.2. The predicted molar refractivity (Wildman–Crippen MR) is 77.7 cm³/mol. The van der Waals surface area contributed by atoms with E-state index in [2.05, 4.69) is 24.1 Å². The lowest BCUT2D eigenvalue weighted by Crippen LogP contribution is -2.50. The lowest BCUT2D eigenvalue weighted by atomic mass is 10.2. The lowest BCUT2D eigenvalue weighted by Gasteiger charge is -2.34. The summed E-state index contributed by atoms with van der Waals surface area (Å²) in [6.07, 6.45) is 2.40. The standard InChI is InChI=1S/C13H27N3O2S/c1-12(2)11-15-6-8-16(9-7-15)19(17,18)10-5-14-13-3-4-13/h12-14H,3-11H2,1-2H3. The highest BCUT2D eigenvalue weighted by atomic mass is 32.2. The molecule has 6 heteroatoms. The molecule has 0 bridgehead atoms. The summed E-state index contributed by atoms with van der Waals surface area (Å²) in [6.45, 7) is 9.10. The van der Waals surface area contributed by atoms with Crippen molar-refractivity contribution in [2.75, 3.05) is 45.0 Å². The zero-order valence-electron chi connectivity index (χ0n) is 12.1. The van der Waals surface area contributed by atoms with E-state index in [9.17, 15) is 8.42 Å². The van der Waals surface area contributed by atoms with Gasteiger partial charge in [0.1, 0.15) is 0 Å². The van der Waals surface area contributed by atoms with Crippen LogP contribution in [0.25, 0.3) is 0 Å². The van der Waals surface area contributed by atoms with Crippen molar-refractivity contribution in [3.8, 4) is 0 Å². The van der Waals surface area contributed by atoms with Gasteiger partial charge in [-0.15, -0.1) is 0 Å². The van der Waals surface area contributed by atoms with Gasteiger partial charge in [-0.2, -0.15) is 4.31 Å². The smallest absolute Gasteiger partial charge is 0.215 e. The van der Waals surface area contributed by atoms with Crippen LogP contribution in [0.5, 0.6) is 0 Å². The topological polar surface area (TPSA) is 52.7 Å². The molecule has 2 fully saturated rings. The highest BCUT2D eigenvalue weighted by Gasteiger charge is 2.27. The second-order valence-electron chi connectivity index (χ2n) is 6.14. The Bertz CT molecular complexity index is 371. The summed E-state index contributed by atoms with van der Waals surface area (Å²) in [5.74, 6) is 0.888. The number of nitrogens with zero attached hydrogens (tertiary/aromatic N) is 2. The molecular weight excluding hydrogens is 262 g/mol. The van der Waals surface area contributed by atoms with E-state index in [1.165, 1.54) is 12.8 Å². The van der Waals surface area contributed by atoms with Crippen LogP contribution >= 0.6 is 0 Å². The molecule has 1 heterocycles. The van der Waals surface area contributed by atoms with Crippen LogP contribution in [0.2, 0.25) is 0 Å². The fourth-order valence-corrected chi connectivity index (χ4v) is 3.87. The summed E-state index contributed by atoms with van der Waals surface area (Å²) in [4.78, 5) is 2.36. The predicted octanol–water partition coefficient (Wildman–Crippen LogP) is 0.342. The van der Waals surface area contributed by atoms with Crippen molar-refractivity contribution in [3.05, 3.63) is 0 Å². The van der Waals surface area contributed by atoms with E-state index >= 15 is 0 Å². The van der Waals surface area contributed by atoms with Crippen LogP contribution in [0, 0.1) is 5.92 Å². The molecule has 0 atom stereocenters. The minimum atomic E-state index is -3.06. The zero-order chi connectivity index (χ0) is 13.9. The van der Waals surface area contributed by atoms with Crippen molar-refractivity contribution in [2.24, 2.45) is 5.92 Å². The Morgan fingerprint density at radius 2 is 1.79 bits per heavy atom. The number of hydrogen-bond acceptors (Lipinski definition) is 4. The number of sulfonamides is 1. The maximum Gasteiger partial charge on any atom is 0.215 e. The van der Waals surface area contributed by atoms with Gasteiger partial charge < -0.3 is 10.2 Å². The largest absolute Gasteiger partial charge is 0.313 e. The molecule has 0 spiro atoms. The average molecular weight is 289 g/mol. The zero-order valence-corrected chi connectivity index (χ0v) is 13.0. The molecule has 1 aliphatic heterocycles. The summed E-state index contributed by atoms with van der Waals surface area (Å²) in [5.41, 5.74) is 0. The van der Waals surface area contributed by atoms with Crippen molar-refractivity contribution >= 4 is 10.0 Å². The van der Waals surface area contributed by atoms with Gasteiger partial charge in [0.05, 0.1) is 5.75 Å². The van der Waals surface area contributed by atoms with Crippen LogP contribution in [0.3, 0.4) is 0 Å². The molecule has 0 amide bonds. The second kappa shape index (κ2) is 6.52. The van der Waals surface area contributed by atoms with E-state index in [4.69, 9.17) is 0 Å². The van der Waals surface area contributed by atoms with Crippen LogP contribution in [-0.4, -0.2) is 68.7 Å². The summed E-state index contributed by atoms with van der Waals surface area (Å²) in [7, 11) is -3.06. The van der Waals surface area contributed by atoms with Crippen molar-refractivity contribution in [3.63, 3.8) is 0 Å². The molecule has 1 saturated heterocycles. The highest BCUT2D eigenvalue weighted by molar-refractivity contribution is 7.89. The fraction of sp³-hybridized carbons (Fsp3) is 1.00. The third-order valence-corrected chi connectivity index (χ3v) is 5.59. The molecule has 2 rings (SSSR count). The van der Waals surface area contributed by atoms with E-state index in [1.807, 2.05) is 0 Å². The second-order valence-corrected chi connectivity index (χ2v) is 8.23. The van der Waals surface area contributed by atoms with E-state index in [0.717, 1.165) is 19.6 Å². The molecule has 0 aromatic rings. The van der Waals surface area contributed by atoms with Crippen LogP contribution < -0.4 is 5.32 Å². The third kappa shape index (κ3) is 5.02. The fourth-order valence-electron chi connectivity index (χ4n) is 2.52. The average Bonchev–Trinajstić information content (AvgIpc) is 3.13. The molecule has 0 radical (unpaired) electrons. The Labute approximate surface area is 117 Å². The van der Waals surface area contributed by atoms with E-state index in [-0.39, 0.29) is 5.75 Å². The molecular formula is C13H27N3O2S. The summed E-state index contributed by atoms with van der Waals surface area (Å²) in [5, 5.41) is 3.27. The first-order valence-corrected chi connectivity index (χ1v) is 9.02. The Morgan fingerprint density at radius 3 is 2.32 bits per heavy atom. The minimum Gasteiger partial charge on any atom is -0.313 e. The van der Waals surface area contributed by atoms with Gasteiger partial charge in [-0.3, -0.25) is 0 Å². The normalized spacial score (nSPS) is 23.1. The molecule has 1 N–H and O–H groups in total. The first kappa shape index (κ1) is 15.2. The molecule has 0 aromatic carbocycles. The van der Waals surface area contributed by atoms with Crippen molar-refractivity contribution in [2.45, 2.75) is 32.7 Å². The Hall–Kier alpha value is -0.170. The number of piperazine rings is 1. The first-order valence-electron chi connectivity index (χ1n) is 7.41. The van der Waals surface area contributed by atoms with Gasteiger partial charge in [-0.25, -0.2) is 8.42 Å². The molecule has 1 saturated carbocycles. The van der Waals surface area contributed by atoms with Gasteiger partial charge in [0.15, 0.2) is 0 Å². The van der Waals surface area contributed by atoms with Gasteiger partial charge in [-0.05, 0) is 18.8 Å². The molecule has 19 heavy (non-hydrogen) atoms. The van der Waals surface area contributed by atoms with E-state index in [1.54, 1.807) is 4.31 Å². The number of hydrogen-bond donors (Lipinski definition) is 1. The van der Waals surface area contributed by atoms with E-state index < -0.39 is 10.0 Å². The van der Waals surface area contributed by atoms with Gasteiger partial charge in [0, 0.05) is 45.3 Å². The van der Waals surface area contributed by atoms with Gasteiger partial charge in [0.2, 0.25) is 10.0 Å². The molecule has 5 nitrogen and oxygen atoms in total. The van der Waals surface area contributed by atoms with E-state index in [0.29, 0.717) is 31.6 Å². The Morgan fingerprint density at radius 1 is 1.16 bits per heavy atom.